The molecule has 1 aromatic rings. The molecule has 7 heteroatoms. The zero-order chi connectivity index (χ0) is 26.0. The van der Waals surface area contributed by atoms with Crippen molar-refractivity contribution in [3.8, 4) is 0 Å². The van der Waals surface area contributed by atoms with Crippen LogP contribution >= 0.6 is 0 Å². The van der Waals surface area contributed by atoms with Crippen LogP contribution in [0.5, 0.6) is 0 Å². The second-order valence-corrected chi connectivity index (χ2v) is 11.4. The number of carbonyl (C=O) groups excluding carboxylic acids is 2. The first kappa shape index (κ1) is 26.0. The van der Waals surface area contributed by atoms with Gasteiger partial charge in [0.05, 0.1) is 12.3 Å². The predicted octanol–water partition coefficient (Wildman–Crippen LogP) is 4.08. The number of piperazine rings is 1. The Balaban J connectivity index is 1.43. The van der Waals surface area contributed by atoms with Crippen molar-refractivity contribution in [2.45, 2.75) is 96.2 Å². The van der Waals surface area contributed by atoms with Gasteiger partial charge in [-0.3, -0.25) is 19.5 Å². The number of rotatable bonds is 7. The van der Waals surface area contributed by atoms with Gasteiger partial charge < -0.3 is 10.2 Å². The van der Waals surface area contributed by atoms with Gasteiger partial charge in [0.2, 0.25) is 5.91 Å². The maximum atomic E-state index is 14.0. The fraction of sp³-hybridized carbons (Fsp3) is 0.633. The molecule has 200 valence electrons. The van der Waals surface area contributed by atoms with Gasteiger partial charge in [-0.2, -0.15) is 5.10 Å². The van der Waals surface area contributed by atoms with Crippen molar-refractivity contribution in [1.29, 1.82) is 0 Å². The number of likely N-dealkylation sites (tertiary alicyclic amines) is 1. The van der Waals surface area contributed by atoms with E-state index in [1.54, 1.807) is 5.01 Å². The number of likely N-dealkylation sites (N-methyl/N-ethyl adjacent to an activating group) is 1. The van der Waals surface area contributed by atoms with E-state index in [9.17, 15) is 9.59 Å². The Morgan fingerprint density at radius 1 is 1.08 bits per heavy atom. The van der Waals surface area contributed by atoms with Crippen LogP contribution < -0.4 is 5.32 Å². The average Bonchev–Trinajstić information content (AvgIpc) is 3.38. The Labute approximate surface area is 221 Å². The van der Waals surface area contributed by atoms with Crippen molar-refractivity contribution < 1.29 is 9.59 Å². The second-order valence-electron chi connectivity index (χ2n) is 11.4. The fourth-order valence-corrected chi connectivity index (χ4v) is 6.50. The molecule has 2 unspecified atom stereocenters. The van der Waals surface area contributed by atoms with Gasteiger partial charge in [0, 0.05) is 25.0 Å². The summed E-state index contributed by atoms with van der Waals surface area (Å²) in [5.74, 6) is -0.109. The topological polar surface area (TPSA) is 68.2 Å². The molecule has 3 heterocycles. The van der Waals surface area contributed by atoms with E-state index in [-0.39, 0.29) is 17.9 Å². The van der Waals surface area contributed by atoms with Crippen molar-refractivity contribution in [3.05, 3.63) is 47.2 Å². The number of amides is 2. The molecule has 1 saturated carbocycles. The smallest absolute Gasteiger partial charge is 0.272 e. The van der Waals surface area contributed by atoms with Crippen molar-refractivity contribution in [3.63, 3.8) is 0 Å². The summed E-state index contributed by atoms with van der Waals surface area (Å²) in [7, 11) is 0. The Kier molecular flexibility index (Phi) is 7.70. The van der Waals surface area contributed by atoms with Crippen LogP contribution in [0.4, 0.5) is 0 Å². The van der Waals surface area contributed by atoms with E-state index >= 15 is 0 Å². The van der Waals surface area contributed by atoms with E-state index in [0.717, 1.165) is 69.3 Å². The average molecular weight is 506 g/mol. The number of hydrogen-bond acceptors (Lipinski definition) is 5. The minimum absolute atomic E-state index is 0.0394. The van der Waals surface area contributed by atoms with Gasteiger partial charge in [0.1, 0.15) is 11.2 Å². The van der Waals surface area contributed by atoms with E-state index in [0.29, 0.717) is 31.2 Å². The number of aryl methyl sites for hydroxylation is 1. The molecule has 0 bridgehead atoms. The minimum Gasteiger partial charge on any atom is -0.351 e. The quantitative estimate of drug-likeness (QED) is 0.607. The zero-order valence-corrected chi connectivity index (χ0v) is 22.8. The van der Waals surface area contributed by atoms with Crippen LogP contribution in [0.3, 0.4) is 0 Å². The molecule has 1 N–H and O–H groups in total. The first-order chi connectivity index (χ1) is 17.9. The van der Waals surface area contributed by atoms with Crippen LogP contribution in [0, 0.1) is 0 Å². The van der Waals surface area contributed by atoms with E-state index in [2.05, 4.69) is 48.3 Å². The summed E-state index contributed by atoms with van der Waals surface area (Å²) in [6.07, 6.45) is 11.4. The third-order valence-corrected chi connectivity index (χ3v) is 8.95. The molecule has 7 nitrogen and oxygen atoms in total. The number of hydrazone groups is 1. The molecule has 5 rings (SSSR count). The van der Waals surface area contributed by atoms with Gasteiger partial charge in [-0.1, -0.05) is 57.4 Å². The van der Waals surface area contributed by atoms with E-state index in [4.69, 9.17) is 5.10 Å². The van der Waals surface area contributed by atoms with Gasteiger partial charge in [0.15, 0.2) is 0 Å². The summed E-state index contributed by atoms with van der Waals surface area (Å²) in [5, 5.41) is 10.1. The van der Waals surface area contributed by atoms with Gasteiger partial charge >= 0.3 is 0 Å². The molecule has 37 heavy (non-hydrogen) atoms. The Bertz CT molecular complexity index is 1060. The zero-order valence-electron chi connectivity index (χ0n) is 22.8. The highest BCUT2D eigenvalue weighted by Crippen LogP contribution is 2.34. The van der Waals surface area contributed by atoms with E-state index in [1.165, 1.54) is 12.0 Å². The molecule has 3 aliphatic heterocycles. The van der Waals surface area contributed by atoms with E-state index in [1.807, 2.05) is 17.9 Å². The molecule has 1 aromatic carbocycles. The number of allylic oxidation sites excluding steroid dienone is 1. The minimum atomic E-state index is -0.980. The van der Waals surface area contributed by atoms with Gasteiger partial charge in [-0.15, -0.1) is 0 Å². The Hall–Kier alpha value is -2.67. The van der Waals surface area contributed by atoms with Crippen molar-refractivity contribution in [2.75, 3.05) is 26.2 Å². The molecule has 0 aromatic heterocycles. The lowest BCUT2D eigenvalue weighted by atomic mass is 9.90. The van der Waals surface area contributed by atoms with Crippen LogP contribution in [0.15, 0.2) is 41.1 Å². The molecule has 3 fully saturated rings. The first-order valence-corrected chi connectivity index (χ1v) is 14.4. The van der Waals surface area contributed by atoms with Crippen LogP contribution in [0.2, 0.25) is 0 Å². The summed E-state index contributed by atoms with van der Waals surface area (Å²) in [6, 6.07) is 9.00. The van der Waals surface area contributed by atoms with Crippen LogP contribution in [0.25, 0.3) is 0 Å². The number of nitrogens with one attached hydrogen (secondary N) is 1. The molecule has 2 atom stereocenters. The second kappa shape index (κ2) is 11.0. The van der Waals surface area contributed by atoms with Gasteiger partial charge in [-0.05, 0) is 69.3 Å². The van der Waals surface area contributed by atoms with Crippen molar-refractivity contribution in [2.24, 2.45) is 5.10 Å². The normalized spacial score (nSPS) is 27.1. The monoisotopic (exact) mass is 505 g/mol. The fourth-order valence-electron chi connectivity index (χ4n) is 6.50. The number of carbonyl (C=O) groups is 2. The van der Waals surface area contributed by atoms with Crippen molar-refractivity contribution >= 4 is 17.5 Å². The number of nitrogens with zero attached hydrogens (tertiary/aromatic N) is 4. The molecule has 2 amide bonds. The summed E-state index contributed by atoms with van der Waals surface area (Å²) in [4.78, 5) is 32.3. The summed E-state index contributed by atoms with van der Waals surface area (Å²) < 4.78 is 0. The number of hydrogen-bond donors (Lipinski definition) is 1. The largest absolute Gasteiger partial charge is 0.351 e. The molecule has 0 spiro atoms. The maximum Gasteiger partial charge on any atom is 0.272 e. The highest BCUT2D eigenvalue weighted by molar-refractivity contribution is 6.05. The molecule has 0 radical (unpaired) electrons. The maximum absolute atomic E-state index is 14.0. The summed E-state index contributed by atoms with van der Waals surface area (Å²) in [6.45, 7) is 9.27. The first-order valence-electron chi connectivity index (χ1n) is 14.4. The van der Waals surface area contributed by atoms with Crippen molar-refractivity contribution in [1.82, 2.24) is 20.1 Å². The third-order valence-electron chi connectivity index (χ3n) is 8.95. The molecular weight excluding hydrogens is 462 g/mol. The lowest BCUT2D eigenvalue weighted by molar-refractivity contribution is -0.153. The van der Waals surface area contributed by atoms with Crippen LogP contribution in [-0.2, 0) is 16.0 Å². The highest BCUT2D eigenvalue weighted by Gasteiger charge is 2.51. The van der Waals surface area contributed by atoms with E-state index < -0.39 is 5.54 Å². The predicted molar refractivity (Wildman–Crippen MR) is 147 cm³/mol. The molecule has 2 saturated heterocycles. The Morgan fingerprint density at radius 2 is 1.84 bits per heavy atom. The number of fused-ring (bicyclic) bond motifs is 1. The SMILES string of the molecule is CCc1ccc(C2=NN3CC(C)(C(=O)NC4CCCCC4)N(CC4CCCN4CC)C(=O)C3=CC2)cc1. The standard InChI is InChI=1S/C30H43N5O2/c1-4-22-13-15-23(16-14-22)26-17-18-27-28(36)34(20-25-12-9-19-33(25)5-2)30(3,21-35(27)32-26)29(37)31-24-10-7-6-8-11-24/h13-16,18,24-25H,4-12,17,19-21H2,1-3H3,(H,31,37). The number of benzene rings is 1. The van der Waals surface area contributed by atoms with Gasteiger partial charge in [0.25, 0.3) is 5.91 Å². The molecular formula is C30H43N5O2. The van der Waals surface area contributed by atoms with Crippen LogP contribution in [-0.4, -0.2) is 76.1 Å². The summed E-state index contributed by atoms with van der Waals surface area (Å²) in [5.41, 5.74) is 2.93. The van der Waals surface area contributed by atoms with Crippen LogP contribution in [0.1, 0.15) is 83.3 Å². The Morgan fingerprint density at radius 3 is 2.54 bits per heavy atom. The molecule has 4 aliphatic rings. The van der Waals surface area contributed by atoms with Gasteiger partial charge in [-0.25, -0.2) is 0 Å². The lowest BCUT2D eigenvalue weighted by Crippen LogP contribution is -2.70. The molecule has 1 aliphatic carbocycles. The highest BCUT2D eigenvalue weighted by atomic mass is 16.2. The lowest BCUT2D eigenvalue weighted by Gasteiger charge is -2.49. The third kappa shape index (κ3) is 5.20. The summed E-state index contributed by atoms with van der Waals surface area (Å²) >= 11 is 0.